The summed E-state index contributed by atoms with van der Waals surface area (Å²) in [4.78, 5) is 4.69. The fraction of sp³-hybridized carbons (Fsp3) is 0.500. The molecule has 6 nitrogen and oxygen atoms in total. The lowest BCUT2D eigenvalue weighted by molar-refractivity contribution is 0.113. The molecule has 0 unspecified atom stereocenters. The molecule has 1 aromatic carbocycles. The van der Waals surface area contributed by atoms with Gasteiger partial charge in [-0.1, -0.05) is 12.1 Å². The average molecular weight is 424 g/mol. The molecule has 1 aliphatic heterocycles. The SMILES string of the molecule is COc1ccc(CCS(=O)(=O)NC[C@H](c2ccsc2)N2CCN(C)CC2)cc1. The Morgan fingerprint density at radius 1 is 1.14 bits per heavy atom. The van der Waals surface area contributed by atoms with Crippen molar-refractivity contribution in [1.82, 2.24) is 14.5 Å². The van der Waals surface area contributed by atoms with Gasteiger partial charge in [0.15, 0.2) is 0 Å². The minimum Gasteiger partial charge on any atom is -0.497 e. The second-order valence-corrected chi connectivity index (χ2v) is 9.88. The first-order valence-corrected chi connectivity index (χ1v) is 12.1. The van der Waals surface area contributed by atoms with Crippen molar-refractivity contribution >= 4 is 21.4 Å². The number of aryl methyl sites for hydroxylation is 1. The van der Waals surface area contributed by atoms with E-state index in [1.807, 2.05) is 24.3 Å². The Balaban J connectivity index is 1.58. The summed E-state index contributed by atoms with van der Waals surface area (Å²) < 4.78 is 33.1. The summed E-state index contributed by atoms with van der Waals surface area (Å²) in [5.41, 5.74) is 2.17. The van der Waals surface area contributed by atoms with E-state index < -0.39 is 10.0 Å². The van der Waals surface area contributed by atoms with Crippen molar-refractivity contribution < 1.29 is 13.2 Å². The lowest BCUT2D eigenvalue weighted by Gasteiger charge is -2.37. The fourth-order valence-corrected chi connectivity index (χ4v) is 5.15. The van der Waals surface area contributed by atoms with Gasteiger partial charge in [-0.15, -0.1) is 0 Å². The third-order valence-electron chi connectivity index (χ3n) is 5.22. The van der Waals surface area contributed by atoms with E-state index in [2.05, 4.69) is 38.4 Å². The number of hydrogen-bond acceptors (Lipinski definition) is 6. The van der Waals surface area contributed by atoms with Gasteiger partial charge >= 0.3 is 0 Å². The van der Waals surface area contributed by atoms with Crippen molar-refractivity contribution in [3.63, 3.8) is 0 Å². The average Bonchev–Trinajstić information content (AvgIpc) is 3.23. The molecular weight excluding hydrogens is 394 g/mol. The van der Waals surface area contributed by atoms with Crippen LogP contribution in [-0.2, 0) is 16.4 Å². The van der Waals surface area contributed by atoms with Crippen LogP contribution in [0.25, 0.3) is 0 Å². The maximum atomic E-state index is 12.6. The first-order valence-electron chi connectivity index (χ1n) is 9.52. The van der Waals surface area contributed by atoms with Crippen molar-refractivity contribution in [2.75, 3.05) is 52.6 Å². The molecule has 2 aromatic rings. The van der Waals surface area contributed by atoms with Crippen LogP contribution < -0.4 is 9.46 Å². The highest BCUT2D eigenvalue weighted by Gasteiger charge is 2.25. The maximum absolute atomic E-state index is 12.6. The summed E-state index contributed by atoms with van der Waals surface area (Å²) >= 11 is 1.65. The molecule has 28 heavy (non-hydrogen) atoms. The molecule has 8 heteroatoms. The molecular formula is C20H29N3O3S2. The van der Waals surface area contributed by atoms with Gasteiger partial charge in [0.2, 0.25) is 10.0 Å². The monoisotopic (exact) mass is 423 g/mol. The van der Waals surface area contributed by atoms with Crippen molar-refractivity contribution in [2.24, 2.45) is 0 Å². The van der Waals surface area contributed by atoms with Crippen LogP contribution in [0.4, 0.5) is 0 Å². The number of ether oxygens (including phenoxy) is 1. The van der Waals surface area contributed by atoms with Crippen LogP contribution in [0.2, 0.25) is 0 Å². The third-order valence-corrected chi connectivity index (χ3v) is 7.27. The van der Waals surface area contributed by atoms with Crippen LogP contribution in [0, 0.1) is 0 Å². The van der Waals surface area contributed by atoms with Crippen molar-refractivity contribution in [1.29, 1.82) is 0 Å². The second kappa shape index (κ2) is 9.84. The van der Waals surface area contributed by atoms with Gasteiger partial charge in [-0.2, -0.15) is 11.3 Å². The smallest absolute Gasteiger partial charge is 0.211 e. The zero-order valence-corrected chi connectivity index (χ0v) is 18.1. The minimum absolute atomic E-state index is 0.0794. The largest absolute Gasteiger partial charge is 0.497 e. The summed E-state index contributed by atoms with van der Waals surface area (Å²) in [5, 5.41) is 4.17. The Morgan fingerprint density at radius 2 is 1.86 bits per heavy atom. The van der Waals surface area contributed by atoms with Crippen LogP contribution in [0.15, 0.2) is 41.1 Å². The fourth-order valence-electron chi connectivity index (χ4n) is 3.38. The molecule has 0 radical (unpaired) electrons. The number of methoxy groups -OCH3 is 1. The Kier molecular flexibility index (Phi) is 7.48. The van der Waals surface area contributed by atoms with E-state index in [1.165, 1.54) is 5.56 Å². The van der Waals surface area contributed by atoms with Gasteiger partial charge in [0.25, 0.3) is 0 Å². The Hall–Kier alpha value is -1.45. The van der Waals surface area contributed by atoms with E-state index in [0.29, 0.717) is 13.0 Å². The summed E-state index contributed by atoms with van der Waals surface area (Å²) in [6, 6.07) is 9.71. The molecule has 0 bridgehead atoms. The number of benzene rings is 1. The molecule has 0 saturated carbocycles. The lowest BCUT2D eigenvalue weighted by Crippen LogP contribution is -2.48. The van der Waals surface area contributed by atoms with Crippen molar-refractivity contribution in [3.8, 4) is 5.75 Å². The minimum atomic E-state index is -3.35. The summed E-state index contributed by atoms with van der Waals surface area (Å²) in [6.07, 6.45) is 0.483. The Labute approximate surface area is 172 Å². The van der Waals surface area contributed by atoms with Crippen LogP contribution in [-0.4, -0.2) is 70.9 Å². The Morgan fingerprint density at radius 3 is 2.46 bits per heavy atom. The third kappa shape index (κ3) is 6.02. The van der Waals surface area contributed by atoms with Crippen LogP contribution in [0.3, 0.4) is 0 Å². The number of thiophene rings is 1. The molecule has 1 N–H and O–H groups in total. The summed E-state index contributed by atoms with van der Waals surface area (Å²) in [7, 11) is 0.397. The second-order valence-electron chi connectivity index (χ2n) is 7.18. The van der Waals surface area contributed by atoms with Crippen molar-refractivity contribution in [3.05, 3.63) is 52.2 Å². The molecule has 3 rings (SSSR count). The van der Waals surface area contributed by atoms with Crippen LogP contribution >= 0.6 is 11.3 Å². The standard InChI is InChI=1S/C20H29N3O3S2/c1-22-9-11-23(12-10-22)20(18-7-13-27-16-18)15-21-28(24,25)14-8-17-3-5-19(26-2)6-4-17/h3-7,13,16,20-21H,8-12,14-15H2,1-2H3/t20-/m1/s1. The maximum Gasteiger partial charge on any atom is 0.211 e. The van der Waals surface area contributed by atoms with Crippen LogP contribution in [0.1, 0.15) is 17.2 Å². The molecule has 0 aliphatic carbocycles. The summed E-state index contributed by atoms with van der Waals surface area (Å²) in [6.45, 7) is 4.32. The molecule has 1 aliphatic rings. The van der Waals surface area contributed by atoms with Gasteiger partial charge in [-0.05, 0) is 53.6 Å². The van der Waals surface area contributed by atoms with E-state index in [0.717, 1.165) is 37.5 Å². The number of nitrogens with one attached hydrogen (secondary N) is 1. The van der Waals surface area contributed by atoms with Gasteiger partial charge in [0.05, 0.1) is 12.9 Å². The number of nitrogens with zero attached hydrogens (tertiary/aromatic N) is 2. The van der Waals surface area contributed by atoms with E-state index in [4.69, 9.17) is 4.74 Å². The number of rotatable bonds is 9. The molecule has 0 amide bonds. The van der Waals surface area contributed by atoms with Gasteiger partial charge in [-0.25, -0.2) is 13.1 Å². The molecule has 0 spiro atoms. The van der Waals surface area contributed by atoms with Crippen LogP contribution in [0.5, 0.6) is 5.75 Å². The highest BCUT2D eigenvalue weighted by molar-refractivity contribution is 7.89. The number of piperazine rings is 1. The first-order chi connectivity index (χ1) is 13.5. The number of hydrogen-bond donors (Lipinski definition) is 1. The molecule has 2 heterocycles. The van der Waals surface area contributed by atoms with E-state index in [-0.39, 0.29) is 11.8 Å². The zero-order valence-electron chi connectivity index (χ0n) is 16.5. The summed E-state index contributed by atoms with van der Waals surface area (Å²) in [5.74, 6) is 0.855. The predicted octanol–water partition coefficient (Wildman–Crippen LogP) is 2.21. The van der Waals surface area contributed by atoms with Gasteiger partial charge < -0.3 is 9.64 Å². The molecule has 1 saturated heterocycles. The molecule has 154 valence electrons. The van der Waals surface area contributed by atoms with Gasteiger partial charge in [-0.3, -0.25) is 4.90 Å². The molecule has 1 aromatic heterocycles. The lowest BCUT2D eigenvalue weighted by atomic mass is 10.1. The quantitative estimate of drug-likeness (QED) is 0.670. The molecule has 1 atom stereocenters. The van der Waals surface area contributed by atoms with E-state index in [1.54, 1.807) is 18.4 Å². The molecule has 1 fully saturated rings. The highest BCUT2D eigenvalue weighted by Crippen LogP contribution is 2.24. The normalized spacial score (nSPS) is 17.5. The number of likely N-dealkylation sites (N-methyl/N-ethyl adjacent to an activating group) is 1. The van der Waals surface area contributed by atoms with E-state index >= 15 is 0 Å². The Bertz CT molecular complexity index is 815. The van der Waals surface area contributed by atoms with Crippen molar-refractivity contribution in [2.45, 2.75) is 12.5 Å². The predicted molar refractivity (Wildman–Crippen MR) is 115 cm³/mol. The highest BCUT2D eigenvalue weighted by atomic mass is 32.2. The van der Waals surface area contributed by atoms with E-state index in [9.17, 15) is 8.42 Å². The first kappa shape index (κ1) is 21.3. The zero-order chi connectivity index (χ0) is 20.0. The van der Waals surface area contributed by atoms with Gasteiger partial charge in [0.1, 0.15) is 5.75 Å². The van der Waals surface area contributed by atoms with Gasteiger partial charge in [0, 0.05) is 38.8 Å². The topological polar surface area (TPSA) is 61.9 Å². The number of sulfonamides is 1.